The Balaban J connectivity index is 0.00000108. The predicted molar refractivity (Wildman–Crippen MR) is 80.2 cm³/mol. The van der Waals surface area contributed by atoms with Crippen LogP contribution < -0.4 is 5.32 Å². The van der Waals surface area contributed by atoms with Crippen molar-refractivity contribution < 1.29 is 5.11 Å². The predicted octanol–water partition coefficient (Wildman–Crippen LogP) is 2.82. The first-order valence-corrected chi connectivity index (χ1v) is 6.23. The molecule has 3 rings (SSSR count). The molecule has 1 heterocycles. The summed E-state index contributed by atoms with van der Waals surface area (Å²) in [5, 5.41) is 13.2. The minimum atomic E-state index is 0. The second kappa shape index (κ2) is 4.76. The lowest BCUT2D eigenvalue weighted by Gasteiger charge is -2.46. The summed E-state index contributed by atoms with van der Waals surface area (Å²) in [6.45, 7) is 4.60. The van der Waals surface area contributed by atoms with E-state index in [-0.39, 0.29) is 29.4 Å². The van der Waals surface area contributed by atoms with Crippen LogP contribution >= 0.6 is 24.0 Å². The van der Waals surface area contributed by atoms with E-state index in [1.165, 1.54) is 24.0 Å². The van der Waals surface area contributed by atoms with Gasteiger partial charge >= 0.3 is 0 Å². The van der Waals surface area contributed by atoms with Crippen molar-refractivity contribution in [3.63, 3.8) is 0 Å². The van der Waals surface area contributed by atoms with Gasteiger partial charge in [0.1, 0.15) is 5.75 Å². The molecule has 2 unspecified atom stereocenters. The molecule has 0 saturated carbocycles. The Morgan fingerprint density at radius 2 is 2.24 bits per heavy atom. The zero-order chi connectivity index (χ0) is 11.2. The lowest BCUT2D eigenvalue weighted by molar-refractivity contribution is 0.193. The highest BCUT2D eigenvalue weighted by Crippen LogP contribution is 2.45. The van der Waals surface area contributed by atoms with E-state index in [1.54, 1.807) is 0 Å². The number of rotatable bonds is 0. The van der Waals surface area contributed by atoms with Crippen LogP contribution in [0.5, 0.6) is 5.75 Å². The summed E-state index contributed by atoms with van der Waals surface area (Å²) in [5.41, 5.74) is 3.11. The summed E-state index contributed by atoms with van der Waals surface area (Å²) >= 11 is 0. The molecule has 0 spiro atoms. The third-order valence-corrected chi connectivity index (χ3v) is 4.58. The Bertz CT molecular complexity index is 421. The van der Waals surface area contributed by atoms with E-state index >= 15 is 0 Å². The molecule has 1 aromatic rings. The molecule has 1 aromatic carbocycles. The number of aromatic hydroxyl groups is 1. The molecule has 2 aliphatic rings. The van der Waals surface area contributed by atoms with Crippen LogP contribution in [0.15, 0.2) is 18.2 Å². The number of phenols is 1. The molecule has 17 heavy (non-hydrogen) atoms. The second-order valence-corrected chi connectivity index (χ2v) is 5.45. The molecule has 1 fully saturated rings. The van der Waals surface area contributed by atoms with Crippen LogP contribution in [0.25, 0.3) is 0 Å². The monoisotopic (exact) mass is 345 g/mol. The highest BCUT2D eigenvalue weighted by Gasteiger charge is 2.41. The molecule has 2 nitrogen and oxygen atoms in total. The van der Waals surface area contributed by atoms with Gasteiger partial charge in [-0.25, -0.2) is 0 Å². The molecule has 1 aliphatic heterocycles. The summed E-state index contributed by atoms with van der Waals surface area (Å²) in [4.78, 5) is 0. The van der Waals surface area contributed by atoms with E-state index in [4.69, 9.17) is 0 Å². The number of piperidine rings is 1. The molecule has 3 heteroatoms. The molecule has 0 aromatic heterocycles. The van der Waals surface area contributed by atoms with Crippen molar-refractivity contribution in [3.05, 3.63) is 29.3 Å². The maximum Gasteiger partial charge on any atom is 0.115 e. The fourth-order valence-corrected chi connectivity index (χ4v) is 3.47. The maximum absolute atomic E-state index is 9.68. The number of hydrogen-bond acceptors (Lipinski definition) is 2. The molecule has 94 valence electrons. The molecule has 0 bridgehead atoms. The van der Waals surface area contributed by atoms with Gasteiger partial charge in [-0.2, -0.15) is 0 Å². The van der Waals surface area contributed by atoms with E-state index < -0.39 is 0 Å². The van der Waals surface area contributed by atoms with Crippen molar-refractivity contribution in [2.24, 2.45) is 5.92 Å². The first-order chi connectivity index (χ1) is 7.70. The van der Waals surface area contributed by atoms with Crippen LogP contribution in [0.1, 0.15) is 30.9 Å². The molecule has 1 saturated heterocycles. The minimum Gasteiger partial charge on any atom is -0.508 e. The molecule has 0 amide bonds. The fourth-order valence-electron chi connectivity index (χ4n) is 3.47. The van der Waals surface area contributed by atoms with Crippen LogP contribution in [-0.2, 0) is 11.8 Å². The first-order valence-electron chi connectivity index (χ1n) is 6.23. The summed E-state index contributed by atoms with van der Waals surface area (Å²) in [6, 6.07) is 5.92. The number of halogens is 1. The Hall–Kier alpha value is -0.290. The zero-order valence-corrected chi connectivity index (χ0v) is 12.5. The van der Waals surface area contributed by atoms with Crippen molar-refractivity contribution in [2.45, 2.75) is 31.6 Å². The quantitative estimate of drug-likeness (QED) is 0.709. The van der Waals surface area contributed by atoms with Gasteiger partial charge in [-0.15, -0.1) is 24.0 Å². The summed E-state index contributed by atoms with van der Waals surface area (Å²) in [5.74, 6) is 1.15. The first kappa shape index (κ1) is 13.1. The Labute approximate surface area is 120 Å². The lowest BCUT2D eigenvalue weighted by Crippen LogP contribution is -2.48. The maximum atomic E-state index is 9.68. The molecular formula is C14H20INO. The van der Waals surface area contributed by atoms with E-state index in [1.807, 2.05) is 12.1 Å². The van der Waals surface area contributed by atoms with Crippen molar-refractivity contribution in [2.75, 3.05) is 13.1 Å². The molecule has 2 N–H and O–H groups in total. The second-order valence-electron chi connectivity index (χ2n) is 5.45. The van der Waals surface area contributed by atoms with Gasteiger partial charge in [-0.3, -0.25) is 0 Å². The number of aryl methyl sites for hydroxylation is 1. The lowest BCUT2D eigenvalue weighted by atomic mass is 9.61. The van der Waals surface area contributed by atoms with Gasteiger partial charge in [-0.05, 0) is 66.9 Å². The number of benzene rings is 1. The van der Waals surface area contributed by atoms with Crippen LogP contribution in [0, 0.1) is 5.92 Å². The van der Waals surface area contributed by atoms with Gasteiger partial charge < -0.3 is 10.4 Å². The van der Waals surface area contributed by atoms with Crippen LogP contribution in [0.4, 0.5) is 0 Å². The molecule has 0 radical (unpaired) electrons. The van der Waals surface area contributed by atoms with Gasteiger partial charge in [0.05, 0.1) is 0 Å². The largest absolute Gasteiger partial charge is 0.508 e. The van der Waals surface area contributed by atoms with Crippen molar-refractivity contribution >= 4 is 24.0 Å². The normalized spacial score (nSPS) is 31.0. The van der Waals surface area contributed by atoms with Crippen molar-refractivity contribution in [1.82, 2.24) is 5.32 Å². The highest BCUT2D eigenvalue weighted by molar-refractivity contribution is 14.0. The average Bonchev–Trinajstić information content (AvgIpc) is 2.29. The topological polar surface area (TPSA) is 32.3 Å². The summed E-state index contributed by atoms with van der Waals surface area (Å²) < 4.78 is 0. The van der Waals surface area contributed by atoms with Gasteiger partial charge in [-0.1, -0.05) is 13.0 Å². The standard InChI is InChI=1S/C14H19NO.HI/c1-14-6-7-15-9-11(14)4-2-10-3-5-12(16)8-13(10)14;/h3,5,8,11,15-16H,2,4,6-7,9H2,1H3;1H. The third-order valence-electron chi connectivity index (χ3n) is 4.58. The molecule has 1 aliphatic carbocycles. The Kier molecular flexibility index (Phi) is 3.69. The average molecular weight is 345 g/mol. The van der Waals surface area contributed by atoms with Crippen molar-refractivity contribution in [3.8, 4) is 5.75 Å². The highest BCUT2D eigenvalue weighted by atomic mass is 127. The van der Waals surface area contributed by atoms with Crippen LogP contribution in [0.3, 0.4) is 0 Å². The number of hydrogen-bond donors (Lipinski definition) is 2. The minimum absolute atomic E-state index is 0. The van der Waals surface area contributed by atoms with E-state index in [2.05, 4.69) is 18.3 Å². The molecule has 2 atom stereocenters. The van der Waals surface area contributed by atoms with E-state index in [0.29, 0.717) is 5.75 Å². The molecular weight excluding hydrogens is 325 g/mol. The van der Waals surface area contributed by atoms with Gasteiger partial charge in [0.25, 0.3) is 0 Å². The number of nitrogens with one attached hydrogen (secondary N) is 1. The number of phenolic OH excluding ortho intramolecular Hbond substituents is 1. The van der Waals surface area contributed by atoms with Crippen LogP contribution in [-0.4, -0.2) is 18.2 Å². The Morgan fingerprint density at radius 3 is 3.06 bits per heavy atom. The Morgan fingerprint density at radius 1 is 1.41 bits per heavy atom. The fraction of sp³-hybridized carbons (Fsp3) is 0.571. The van der Waals surface area contributed by atoms with E-state index in [9.17, 15) is 5.11 Å². The zero-order valence-electron chi connectivity index (χ0n) is 10.2. The van der Waals surface area contributed by atoms with Gasteiger partial charge in [0, 0.05) is 0 Å². The van der Waals surface area contributed by atoms with Crippen LogP contribution in [0.2, 0.25) is 0 Å². The van der Waals surface area contributed by atoms with E-state index in [0.717, 1.165) is 25.4 Å². The summed E-state index contributed by atoms with van der Waals surface area (Å²) in [7, 11) is 0. The van der Waals surface area contributed by atoms with Gasteiger partial charge in [0.15, 0.2) is 0 Å². The third kappa shape index (κ3) is 2.08. The summed E-state index contributed by atoms with van der Waals surface area (Å²) in [6.07, 6.45) is 3.63. The van der Waals surface area contributed by atoms with Crippen molar-refractivity contribution in [1.29, 1.82) is 0 Å². The SMILES string of the molecule is CC12CCNCC1CCc1ccc(O)cc12.I. The smallest absolute Gasteiger partial charge is 0.115 e. The number of fused-ring (bicyclic) bond motifs is 3. The van der Waals surface area contributed by atoms with Gasteiger partial charge in [0.2, 0.25) is 0 Å².